The molecule has 0 radical (unpaired) electrons. The molecule has 1 aliphatic heterocycles. The van der Waals surface area contributed by atoms with Crippen LogP contribution in [0.1, 0.15) is 36.0 Å². The molecule has 1 fully saturated rings. The van der Waals surface area contributed by atoms with Crippen LogP contribution in [0.2, 0.25) is 0 Å². The summed E-state index contributed by atoms with van der Waals surface area (Å²) in [6.45, 7) is 9.60. The van der Waals surface area contributed by atoms with E-state index >= 15 is 0 Å². The molecule has 0 aliphatic carbocycles. The zero-order valence-corrected chi connectivity index (χ0v) is 11.9. The third kappa shape index (κ3) is 3.49. The summed E-state index contributed by atoms with van der Waals surface area (Å²) < 4.78 is 6.00. The maximum Gasteiger partial charge on any atom is 0.125 e. The van der Waals surface area contributed by atoms with E-state index in [0.717, 1.165) is 24.8 Å². The van der Waals surface area contributed by atoms with E-state index in [0.29, 0.717) is 0 Å². The Kier molecular flexibility index (Phi) is 4.65. The third-order valence-electron chi connectivity index (χ3n) is 3.78. The molecule has 100 valence electrons. The molecule has 0 amide bonds. The highest BCUT2D eigenvalue weighted by molar-refractivity contribution is 5.42. The Morgan fingerprint density at radius 1 is 1.22 bits per heavy atom. The highest BCUT2D eigenvalue weighted by Gasteiger charge is 2.13. The summed E-state index contributed by atoms with van der Waals surface area (Å²) in [6, 6.07) is 4.40. The zero-order chi connectivity index (χ0) is 13.0. The van der Waals surface area contributed by atoms with Crippen LogP contribution in [-0.4, -0.2) is 19.7 Å². The van der Waals surface area contributed by atoms with E-state index in [1.54, 1.807) is 0 Å². The first-order chi connectivity index (χ1) is 8.66. The quantitative estimate of drug-likeness (QED) is 0.880. The van der Waals surface area contributed by atoms with Crippen LogP contribution in [-0.2, 0) is 0 Å². The van der Waals surface area contributed by atoms with Crippen LogP contribution < -0.4 is 10.1 Å². The van der Waals surface area contributed by atoms with Crippen LogP contribution in [0, 0.1) is 26.7 Å². The minimum atomic E-state index is 0.796. The molecule has 1 saturated heterocycles. The summed E-state index contributed by atoms with van der Waals surface area (Å²) in [4.78, 5) is 0. The lowest BCUT2D eigenvalue weighted by Gasteiger charge is -2.23. The number of aryl methyl sites for hydroxylation is 3. The molecule has 1 aromatic carbocycles. The van der Waals surface area contributed by atoms with Crippen LogP contribution in [0.15, 0.2) is 12.1 Å². The Labute approximate surface area is 111 Å². The van der Waals surface area contributed by atoms with Gasteiger partial charge in [0.2, 0.25) is 0 Å². The zero-order valence-electron chi connectivity index (χ0n) is 11.9. The van der Waals surface area contributed by atoms with E-state index in [1.807, 2.05) is 0 Å². The van der Waals surface area contributed by atoms with Crippen molar-refractivity contribution in [1.82, 2.24) is 5.32 Å². The van der Waals surface area contributed by atoms with Crippen molar-refractivity contribution >= 4 is 0 Å². The first-order valence-electron chi connectivity index (χ1n) is 7.08. The van der Waals surface area contributed by atoms with Crippen molar-refractivity contribution in [3.05, 3.63) is 28.8 Å². The second kappa shape index (κ2) is 6.24. The van der Waals surface area contributed by atoms with Crippen molar-refractivity contribution in [2.75, 3.05) is 19.7 Å². The maximum absolute atomic E-state index is 6.00. The molecule has 2 rings (SSSR count). The Bertz CT molecular complexity index is 371. The van der Waals surface area contributed by atoms with Gasteiger partial charge in [-0.3, -0.25) is 0 Å². The van der Waals surface area contributed by atoms with Gasteiger partial charge >= 0.3 is 0 Å². The van der Waals surface area contributed by atoms with E-state index in [9.17, 15) is 0 Å². The summed E-state index contributed by atoms with van der Waals surface area (Å²) in [5.41, 5.74) is 3.83. The van der Waals surface area contributed by atoms with Crippen molar-refractivity contribution in [1.29, 1.82) is 0 Å². The number of rotatable bonds is 4. The Morgan fingerprint density at radius 2 is 1.94 bits per heavy atom. The monoisotopic (exact) mass is 247 g/mol. The van der Waals surface area contributed by atoms with Gasteiger partial charge in [-0.1, -0.05) is 17.7 Å². The molecule has 0 saturated carbocycles. The molecule has 0 spiro atoms. The number of piperidine rings is 1. The fourth-order valence-electron chi connectivity index (χ4n) is 2.89. The van der Waals surface area contributed by atoms with Crippen molar-refractivity contribution in [2.24, 2.45) is 5.92 Å². The Hall–Kier alpha value is -1.02. The topological polar surface area (TPSA) is 21.3 Å². The van der Waals surface area contributed by atoms with E-state index in [2.05, 4.69) is 38.2 Å². The summed E-state index contributed by atoms with van der Waals surface area (Å²) in [5.74, 6) is 1.88. The molecule has 1 atom stereocenters. The van der Waals surface area contributed by atoms with Gasteiger partial charge in [0.25, 0.3) is 0 Å². The number of nitrogens with one attached hydrogen (secondary N) is 1. The highest BCUT2D eigenvalue weighted by atomic mass is 16.5. The van der Waals surface area contributed by atoms with Crippen LogP contribution in [0.5, 0.6) is 5.75 Å². The molecule has 1 N–H and O–H groups in total. The van der Waals surface area contributed by atoms with Gasteiger partial charge in [-0.2, -0.15) is 0 Å². The van der Waals surface area contributed by atoms with Crippen molar-refractivity contribution in [3.8, 4) is 5.75 Å². The lowest BCUT2D eigenvalue weighted by molar-refractivity contribution is 0.252. The molecular formula is C16H25NO. The fourth-order valence-corrected chi connectivity index (χ4v) is 2.89. The minimum Gasteiger partial charge on any atom is -0.493 e. The lowest BCUT2D eigenvalue weighted by atomic mass is 9.97. The van der Waals surface area contributed by atoms with Crippen LogP contribution in [0.25, 0.3) is 0 Å². The van der Waals surface area contributed by atoms with Crippen LogP contribution in [0.4, 0.5) is 0 Å². The Morgan fingerprint density at radius 3 is 2.56 bits per heavy atom. The Balaban J connectivity index is 1.86. The average Bonchev–Trinajstić information content (AvgIpc) is 2.34. The molecule has 18 heavy (non-hydrogen) atoms. The SMILES string of the molecule is Cc1cc(C)c(OCCC2CCCNC2)c(C)c1. The van der Waals surface area contributed by atoms with Crippen LogP contribution in [0.3, 0.4) is 0 Å². The second-order valence-electron chi connectivity index (χ2n) is 5.58. The van der Waals surface area contributed by atoms with E-state index in [-0.39, 0.29) is 0 Å². The molecule has 0 aromatic heterocycles. The largest absolute Gasteiger partial charge is 0.493 e. The first kappa shape index (κ1) is 13.4. The van der Waals surface area contributed by atoms with Crippen molar-refractivity contribution < 1.29 is 4.74 Å². The van der Waals surface area contributed by atoms with Crippen LogP contribution >= 0.6 is 0 Å². The van der Waals surface area contributed by atoms with Gasteiger partial charge in [0.15, 0.2) is 0 Å². The second-order valence-corrected chi connectivity index (χ2v) is 5.58. The average molecular weight is 247 g/mol. The molecule has 1 aromatic rings. The van der Waals surface area contributed by atoms with E-state index in [4.69, 9.17) is 4.74 Å². The molecule has 1 aliphatic rings. The highest BCUT2D eigenvalue weighted by Crippen LogP contribution is 2.25. The third-order valence-corrected chi connectivity index (χ3v) is 3.78. The molecular weight excluding hydrogens is 222 g/mol. The van der Waals surface area contributed by atoms with Crippen molar-refractivity contribution in [3.63, 3.8) is 0 Å². The maximum atomic E-state index is 6.00. The van der Waals surface area contributed by atoms with Gasteiger partial charge in [0.1, 0.15) is 5.75 Å². The number of hydrogen-bond donors (Lipinski definition) is 1. The van der Waals surface area contributed by atoms with Gasteiger partial charge in [-0.15, -0.1) is 0 Å². The summed E-state index contributed by atoms with van der Waals surface area (Å²) >= 11 is 0. The first-order valence-corrected chi connectivity index (χ1v) is 7.08. The molecule has 1 heterocycles. The molecule has 2 heteroatoms. The van der Waals surface area contributed by atoms with E-state index < -0.39 is 0 Å². The van der Waals surface area contributed by atoms with Gasteiger partial charge in [0.05, 0.1) is 6.61 Å². The summed E-state index contributed by atoms with van der Waals surface area (Å²) in [7, 11) is 0. The lowest BCUT2D eigenvalue weighted by Crippen LogP contribution is -2.30. The predicted octanol–water partition coefficient (Wildman–Crippen LogP) is 3.38. The summed E-state index contributed by atoms with van der Waals surface area (Å²) in [6.07, 6.45) is 3.83. The predicted molar refractivity (Wildman–Crippen MR) is 76.4 cm³/mol. The van der Waals surface area contributed by atoms with Gasteiger partial charge in [-0.25, -0.2) is 0 Å². The smallest absolute Gasteiger partial charge is 0.125 e. The van der Waals surface area contributed by atoms with Gasteiger partial charge < -0.3 is 10.1 Å². The van der Waals surface area contributed by atoms with Gasteiger partial charge in [0, 0.05) is 0 Å². The van der Waals surface area contributed by atoms with Gasteiger partial charge in [-0.05, 0) is 70.2 Å². The normalized spacial score (nSPS) is 19.8. The summed E-state index contributed by atoms with van der Waals surface area (Å²) in [5, 5.41) is 3.46. The molecule has 0 bridgehead atoms. The van der Waals surface area contributed by atoms with E-state index in [1.165, 1.54) is 42.5 Å². The molecule has 1 unspecified atom stereocenters. The minimum absolute atomic E-state index is 0.796. The number of ether oxygens (including phenoxy) is 1. The number of benzene rings is 1. The standard InChI is InChI=1S/C16H25NO/c1-12-9-13(2)16(14(3)10-12)18-8-6-15-5-4-7-17-11-15/h9-10,15,17H,4-8,11H2,1-3H3. The fraction of sp³-hybridized carbons (Fsp3) is 0.625. The number of hydrogen-bond acceptors (Lipinski definition) is 2. The van der Waals surface area contributed by atoms with Crippen molar-refractivity contribution in [2.45, 2.75) is 40.0 Å². The molecule has 2 nitrogen and oxygen atoms in total.